The van der Waals surface area contributed by atoms with Crippen LogP contribution in [0.4, 0.5) is 5.69 Å². The highest BCUT2D eigenvalue weighted by Crippen LogP contribution is 2.22. The van der Waals surface area contributed by atoms with E-state index >= 15 is 0 Å². The maximum absolute atomic E-state index is 11.8. The standard InChI is InChI=1S/C14H21ClN4O2/c1-10-11(15)4-3-5-12(10)19-13(20)6-7-17-14(16)18-8-9-21-2/h3-5H,6-9H2,1-2H3,(H,19,20)(H3,16,17,18). The molecule has 0 unspecified atom stereocenters. The van der Waals surface area contributed by atoms with E-state index in [4.69, 9.17) is 22.1 Å². The van der Waals surface area contributed by atoms with Gasteiger partial charge in [0.15, 0.2) is 5.96 Å². The lowest BCUT2D eigenvalue weighted by atomic mass is 10.2. The van der Waals surface area contributed by atoms with E-state index in [1.54, 1.807) is 19.2 Å². The van der Waals surface area contributed by atoms with Crippen LogP contribution >= 0.6 is 11.6 Å². The molecule has 6 nitrogen and oxygen atoms in total. The second-order valence-corrected chi connectivity index (χ2v) is 4.80. The summed E-state index contributed by atoms with van der Waals surface area (Å²) in [5, 5.41) is 6.31. The minimum Gasteiger partial charge on any atom is -0.383 e. The fourth-order valence-electron chi connectivity index (χ4n) is 1.57. The van der Waals surface area contributed by atoms with Crippen LogP contribution in [-0.2, 0) is 9.53 Å². The minimum atomic E-state index is -0.113. The molecule has 1 aromatic carbocycles. The van der Waals surface area contributed by atoms with E-state index < -0.39 is 0 Å². The van der Waals surface area contributed by atoms with Crippen molar-refractivity contribution in [3.05, 3.63) is 28.8 Å². The number of ether oxygens (including phenoxy) is 1. The van der Waals surface area contributed by atoms with E-state index in [0.717, 1.165) is 5.56 Å². The Bertz CT molecular complexity index is 506. The average Bonchev–Trinajstić information content (AvgIpc) is 2.44. The number of nitrogens with one attached hydrogen (secondary N) is 2. The zero-order chi connectivity index (χ0) is 15.7. The summed E-state index contributed by atoms with van der Waals surface area (Å²) in [7, 11) is 1.60. The number of hydrogen-bond acceptors (Lipinski definition) is 3. The Morgan fingerprint density at radius 2 is 2.24 bits per heavy atom. The third kappa shape index (κ3) is 6.46. The number of benzene rings is 1. The second kappa shape index (κ2) is 9.20. The summed E-state index contributed by atoms with van der Waals surface area (Å²) in [6, 6.07) is 5.39. The summed E-state index contributed by atoms with van der Waals surface area (Å²) in [4.78, 5) is 15.9. The topological polar surface area (TPSA) is 88.7 Å². The van der Waals surface area contributed by atoms with Gasteiger partial charge in [0.2, 0.25) is 5.91 Å². The van der Waals surface area contributed by atoms with Gasteiger partial charge in [-0.15, -0.1) is 0 Å². The van der Waals surface area contributed by atoms with Crippen LogP contribution in [0.25, 0.3) is 0 Å². The summed E-state index contributed by atoms with van der Waals surface area (Å²) in [6.07, 6.45) is 0.284. The van der Waals surface area contributed by atoms with Gasteiger partial charge in [0.1, 0.15) is 0 Å². The van der Waals surface area contributed by atoms with Gasteiger partial charge < -0.3 is 21.1 Å². The molecule has 0 heterocycles. The SMILES string of the molecule is COCCN=C(N)NCCC(=O)Nc1cccc(Cl)c1C. The van der Waals surface area contributed by atoms with Crippen molar-refractivity contribution < 1.29 is 9.53 Å². The number of halogens is 1. The Balaban J connectivity index is 2.34. The van der Waals surface area contributed by atoms with Gasteiger partial charge in [0.25, 0.3) is 0 Å². The second-order valence-electron chi connectivity index (χ2n) is 4.40. The number of carbonyl (C=O) groups excluding carboxylic acids is 1. The zero-order valence-electron chi connectivity index (χ0n) is 12.3. The molecule has 0 radical (unpaired) electrons. The van der Waals surface area contributed by atoms with Crippen molar-refractivity contribution in [1.82, 2.24) is 5.32 Å². The molecule has 7 heteroatoms. The van der Waals surface area contributed by atoms with Gasteiger partial charge in [-0.1, -0.05) is 17.7 Å². The molecule has 0 aliphatic heterocycles. The van der Waals surface area contributed by atoms with Crippen LogP contribution in [0.3, 0.4) is 0 Å². The van der Waals surface area contributed by atoms with Gasteiger partial charge >= 0.3 is 0 Å². The Hall–Kier alpha value is -1.79. The molecule has 0 aliphatic rings. The number of carbonyl (C=O) groups is 1. The van der Waals surface area contributed by atoms with Gasteiger partial charge in [0.05, 0.1) is 13.2 Å². The van der Waals surface area contributed by atoms with E-state index in [2.05, 4.69) is 15.6 Å². The number of guanidine groups is 1. The highest BCUT2D eigenvalue weighted by molar-refractivity contribution is 6.31. The first-order valence-corrected chi connectivity index (χ1v) is 7.00. The number of nitrogens with zero attached hydrogens (tertiary/aromatic N) is 1. The van der Waals surface area contributed by atoms with Gasteiger partial charge in [-0.05, 0) is 24.6 Å². The molecule has 0 atom stereocenters. The number of anilines is 1. The van der Waals surface area contributed by atoms with E-state index in [-0.39, 0.29) is 12.3 Å². The van der Waals surface area contributed by atoms with Crippen LogP contribution in [0.15, 0.2) is 23.2 Å². The van der Waals surface area contributed by atoms with E-state index in [0.29, 0.717) is 36.4 Å². The van der Waals surface area contributed by atoms with Crippen LogP contribution in [0.2, 0.25) is 5.02 Å². The summed E-state index contributed by atoms with van der Waals surface area (Å²) < 4.78 is 4.86. The first-order chi connectivity index (χ1) is 10.0. The van der Waals surface area contributed by atoms with Gasteiger partial charge in [-0.25, -0.2) is 0 Å². The zero-order valence-corrected chi connectivity index (χ0v) is 13.0. The van der Waals surface area contributed by atoms with Crippen molar-refractivity contribution in [2.75, 3.05) is 32.1 Å². The lowest BCUT2D eigenvalue weighted by molar-refractivity contribution is -0.116. The Morgan fingerprint density at radius 1 is 1.48 bits per heavy atom. The van der Waals surface area contributed by atoms with Crippen molar-refractivity contribution in [3.8, 4) is 0 Å². The monoisotopic (exact) mass is 312 g/mol. The Kier molecular flexibility index (Phi) is 7.56. The molecular formula is C14H21ClN4O2. The lowest BCUT2D eigenvalue weighted by Crippen LogP contribution is -2.34. The van der Waals surface area contributed by atoms with Crippen molar-refractivity contribution in [2.24, 2.45) is 10.7 Å². The van der Waals surface area contributed by atoms with Crippen molar-refractivity contribution >= 4 is 29.2 Å². The molecule has 0 spiro atoms. The molecule has 0 aromatic heterocycles. The van der Waals surface area contributed by atoms with Crippen LogP contribution in [-0.4, -0.2) is 38.7 Å². The van der Waals surface area contributed by atoms with Crippen LogP contribution in [0.1, 0.15) is 12.0 Å². The molecule has 1 amide bonds. The number of rotatable bonds is 7. The first-order valence-electron chi connectivity index (χ1n) is 6.62. The normalized spacial score (nSPS) is 11.3. The van der Waals surface area contributed by atoms with Gasteiger partial charge in [-0.2, -0.15) is 0 Å². The third-order valence-corrected chi connectivity index (χ3v) is 3.19. The molecule has 4 N–H and O–H groups in total. The van der Waals surface area contributed by atoms with Gasteiger partial charge in [-0.3, -0.25) is 9.79 Å². The minimum absolute atomic E-state index is 0.113. The summed E-state index contributed by atoms with van der Waals surface area (Å²) >= 11 is 6.00. The number of aliphatic imine (C=N–C) groups is 1. The van der Waals surface area contributed by atoms with Crippen molar-refractivity contribution in [2.45, 2.75) is 13.3 Å². The molecule has 0 saturated carbocycles. The molecule has 0 fully saturated rings. The summed E-state index contributed by atoms with van der Waals surface area (Å²) in [5.41, 5.74) is 7.20. The van der Waals surface area contributed by atoms with E-state index in [1.807, 2.05) is 13.0 Å². The first kappa shape index (κ1) is 17.3. The third-order valence-electron chi connectivity index (χ3n) is 2.78. The van der Waals surface area contributed by atoms with Gasteiger partial charge in [0, 0.05) is 30.8 Å². The number of methoxy groups -OCH3 is 1. The smallest absolute Gasteiger partial charge is 0.226 e. The molecule has 0 aliphatic carbocycles. The lowest BCUT2D eigenvalue weighted by Gasteiger charge is -2.10. The Morgan fingerprint density at radius 3 is 2.95 bits per heavy atom. The number of amides is 1. The molecule has 0 saturated heterocycles. The highest BCUT2D eigenvalue weighted by Gasteiger charge is 2.06. The Labute approximate surface area is 129 Å². The van der Waals surface area contributed by atoms with Crippen LogP contribution in [0, 0.1) is 6.92 Å². The maximum atomic E-state index is 11.8. The number of nitrogens with two attached hydrogens (primary N) is 1. The molecule has 116 valence electrons. The largest absolute Gasteiger partial charge is 0.383 e. The number of hydrogen-bond donors (Lipinski definition) is 3. The van der Waals surface area contributed by atoms with Crippen molar-refractivity contribution in [1.29, 1.82) is 0 Å². The average molecular weight is 313 g/mol. The van der Waals surface area contributed by atoms with E-state index in [9.17, 15) is 4.79 Å². The summed E-state index contributed by atoms with van der Waals surface area (Å²) in [6.45, 7) is 3.27. The summed E-state index contributed by atoms with van der Waals surface area (Å²) in [5.74, 6) is 0.191. The molecular weight excluding hydrogens is 292 g/mol. The van der Waals surface area contributed by atoms with Crippen LogP contribution < -0.4 is 16.4 Å². The fraction of sp³-hybridized carbons (Fsp3) is 0.429. The predicted molar refractivity (Wildman–Crippen MR) is 85.8 cm³/mol. The predicted octanol–water partition coefficient (Wildman–Crippen LogP) is 1.53. The van der Waals surface area contributed by atoms with Crippen molar-refractivity contribution in [3.63, 3.8) is 0 Å². The molecule has 1 aromatic rings. The molecule has 1 rings (SSSR count). The molecule has 0 bridgehead atoms. The highest BCUT2D eigenvalue weighted by atomic mass is 35.5. The molecule has 21 heavy (non-hydrogen) atoms. The van der Waals surface area contributed by atoms with Crippen LogP contribution in [0.5, 0.6) is 0 Å². The fourth-order valence-corrected chi connectivity index (χ4v) is 1.75. The van der Waals surface area contributed by atoms with E-state index in [1.165, 1.54) is 0 Å². The quantitative estimate of drug-likeness (QED) is 0.405. The maximum Gasteiger partial charge on any atom is 0.226 e.